The Kier molecular flexibility index (Phi) is 4.39. The first-order chi connectivity index (χ1) is 8.61. The van der Waals surface area contributed by atoms with Gasteiger partial charge in [-0.2, -0.15) is 0 Å². The molecular weight excluding hydrogens is 227 g/mol. The lowest BCUT2D eigenvalue weighted by molar-refractivity contribution is 0.0727. The Balaban J connectivity index is 2.03. The molecule has 0 spiro atoms. The van der Waals surface area contributed by atoms with Gasteiger partial charge in [-0.05, 0) is 48.8 Å². The number of rotatable bonds is 3. The number of hydrogen-bond acceptors (Lipinski definition) is 1. The van der Waals surface area contributed by atoms with Crippen molar-refractivity contribution in [1.29, 1.82) is 0 Å². The van der Waals surface area contributed by atoms with E-state index in [0.29, 0.717) is 11.5 Å². The fourth-order valence-electron chi connectivity index (χ4n) is 2.98. The summed E-state index contributed by atoms with van der Waals surface area (Å²) in [5, 5.41) is 10.4. The Bertz CT molecular complexity index is 394. The topological polar surface area (TPSA) is 20.2 Å². The van der Waals surface area contributed by atoms with E-state index in [1.54, 1.807) is 13.0 Å². The minimum atomic E-state index is -0.502. The highest BCUT2D eigenvalue weighted by atomic mass is 19.1. The number of hydrogen-bond donors (Lipinski definition) is 1. The van der Waals surface area contributed by atoms with Crippen molar-refractivity contribution in [3.63, 3.8) is 0 Å². The van der Waals surface area contributed by atoms with Gasteiger partial charge in [-0.15, -0.1) is 0 Å². The van der Waals surface area contributed by atoms with Gasteiger partial charge in [0.15, 0.2) is 0 Å². The predicted molar refractivity (Wildman–Crippen MR) is 71.8 cm³/mol. The molecule has 2 rings (SSSR count). The molecule has 0 aliphatic heterocycles. The van der Waals surface area contributed by atoms with Crippen molar-refractivity contribution in [3.8, 4) is 0 Å². The van der Waals surface area contributed by atoms with Crippen LogP contribution in [0.1, 0.15) is 56.3 Å². The zero-order valence-electron chi connectivity index (χ0n) is 11.3. The van der Waals surface area contributed by atoms with Crippen molar-refractivity contribution in [1.82, 2.24) is 0 Å². The number of benzene rings is 1. The highest BCUT2D eigenvalue weighted by Crippen LogP contribution is 2.38. The van der Waals surface area contributed by atoms with Gasteiger partial charge in [0.25, 0.3) is 0 Å². The van der Waals surface area contributed by atoms with Crippen LogP contribution >= 0.6 is 0 Å². The maximum Gasteiger partial charge on any atom is 0.126 e. The molecule has 0 radical (unpaired) electrons. The molecule has 1 nitrogen and oxygen atoms in total. The summed E-state index contributed by atoms with van der Waals surface area (Å²) >= 11 is 0. The van der Waals surface area contributed by atoms with Gasteiger partial charge in [-0.25, -0.2) is 4.39 Å². The standard InChI is InChI=1S/C16H23FO/c1-3-12-5-8-13(9-6-12)16(18)14-7-4-11(2)15(17)10-14/h4,7,10,12-13,16,18H,3,5-6,8-9H2,1-2H3. The molecule has 0 heterocycles. The Morgan fingerprint density at radius 3 is 2.50 bits per heavy atom. The lowest BCUT2D eigenvalue weighted by Crippen LogP contribution is -2.20. The summed E-state index contributed by atoms with van der Waals surface area (Å²) in [6.07, 6.45) is 5.27. The van der Waals surface area contributed by atoms with E-state index < -0.39 is 6.10 Å². The summed E-state index contributed by atoms with van der Waals surface area (Å²) < 4.78 is 13.5. The van der Waals surface area contributed by atoms with E-state index in [4.69, 9.17) is 0 Å². The van der Waals surface area contributed by atoms with Crippen LogP contribution in [0, 0.1) is 24.6 Å². The summed E-state index contributed by atoms with van der Waals surface area (Å²) in [4.78, 5) is 0. The predicted octanol–water partition coefficient (Wildman–Crippen LogP) is 4.38. The fourth-order valence-corrected chi connectivity index (χ4v) is 2.98. The molecule has 1 N–H and O–H groups in total. The van der Waals surface area contributed by atoms with Gasteiger partial charge < -0.3 is 5.11 Å². The van der Waals surface area contributed by atoms with E-state index >= 15 is 0 Å². The third-order valence-electron chi connectivity index (χ3n) is 4.45. The summed E-state index contributed by atoms with van der Waals surface area (Å²) in [7, 11) is 0. The van der Waals surface area contributed by atoms with Gasteiger partial charge in [-0.1, -0.05) is 38.3 Å². The van der Waals surface area contributed by atoms with E-state index in [0.717, 1.165) is 24.3 Å². The summed E-state index contributed by atoms with van der Waals surface area (Å²) in [6.45, 7) is 3.98. The molecule has 1 aromatic carbocycles. The van der Waals surface area contributed by atoms with Crippen molar-refractivity contribution < 1.29 is 9.50 Å². The highest BCUT2D eigenvalue weighted by molar-refractivity contribution is 5.25. The molecule has 0 bridgehead atoms. The molecule has 1 fully saturated rings. The molecule has 2 heteroatoms. The number of aliphatic hydroxyl groups excluding tert-OH is 1. The second kappa shape index (κ2) is 5.83. The SMILES string of the molecule is CCC1CCC(C(O)c2ccc(C)c(F)c2)CC1. The third kappa shape index (κ3) is 2.92. The number of halogens is 1. The molecule has 1 aromatic rings. The summed E-state index contributed by atoms with van der Waals surface area (Å²) in [5.41, 5.74) is 1.37. The largest absolute Gasteiger partial charge is 0.388 e. The summed E-state index contributed by atoms with van der Waals surface area (Å²) in [6, 6.07) is 5.10. The van der Waals surface area contributed by atoms with Crippen molar-refractivity contribution in [3.05, 3.63) is 35.1 Å². The molecule has 18 heavy (non-hydrogen) atoms. The van der Waals surface area contributed by atoms with E-state index in [9.17, 15) is 9.50 Å². The molecule has 0 amide bonds. The first-order valence-corrected chi connectivity index (χ1v) is 7.06. The van der Waals surface area contributed by atoms with Crippen LogP contribution in [0.3, 0.4) is 0 Å². The average molecular weight is 250 g/mol. The van der Waals surface area contributed by atoms with Crippen LogP contribution < -0.4 is 0 Å². The molecular formula is C16H23FO. The molecule has 1 saturated carbocycles. The van der Waals surface area contributed by atoms with Crippen LogP contribution in [0.5, 0.6) is 0 Å². The maximum absolute atomic E-state index is 13.5. The Hall–Kier alpha value is -0.890. The first-order valence-electron chi connectivity index (χ1n) is 7.06. The Morgan fingerprint density at radius 1 is 1.28 bits per heavy atom. The van der Waals surface area contributed by atoms with Crippen LogP contribution in [-0.4, -0.2) is 5.11 Å². The van der Waals surface area contributed by atoms with E-state index in [1.165, 1.54) is 25.3 Å². The van der Waals surface area contributed by atoms with Crippen LogP contribution in [0.25, 0.3) is 0 Å². The monoisotopic (exact) mass is 250 g/mol. The van der Waals surface area contributed by atoms with Crippen LogP contribution in [0.2, 0.25) is 0 Å². The second-order valence-corrected chi connectivity index (χ2v) is 5.64. The van der Waals surface area contributed by atoms with Crippen molar-refractivity contribution in [2.45, 2.75) is 52.1 Å². The van der Waals surface area contributed by atoms with Crippen molar-refractivity contribution >= 4 is 0 Å². The fraction of sp³-hybridized carbons (Fsp3) is 0.625. The third-order valence-corrected chi connectivity index (χ3v) is 4.45. The van der Waals surface area contributed by atoms with Crippen LogP contribution in [0.15, 0.2) is 18.2 Å². The van der Waals surface area contributed by atoms with Gasteiger partial charge in [-0.3, -0.25) is 0 Å². The van der Waals surface area contributed by atoms with E-state index in [1.807, 2.05) is 6.07 Å². The molecule has 0 aromatic heterocycles. The van der Waals surface area contributed by atoms with Crippen molar-refractivity contribution in [2.75, 3.05) is 0 Å². The quantitative estimate of drug-likeness (QED) is 0.843. The van der Waals surface area contributed by atoms with Gasteiger partial charge in [0.2, 0.25) is 0 Å². The minimum absolute atomic E-state index is 0.214. The van der Waals surface area contributed by atoms with Gasteiger partial charge in [0.1, 0.15) is 5.82 Å². The molecule has 0 saturated heterocycles. The minimum Gasteiger partial charge on any atom is -0.388 e. The lowest BCUT2D eigenvalue weighted by atomic mass is 9.77. The van der Waals surface area contributed by atoms with Gasteiger partial charge in [0, 0.05) is 0 Å². The summed E-state index contributed by atoms with van der Waals surface area (Å²) in [5.74, 6) is 0.909. The molecule has 1 unspecified atom stereocenters. The Labute approximate surface area is 109 Å². The molecule has 1 atom stereocenters. The second-order valence-electron chi connectivity index (χ2n) is 5.64. The van der Waals surface area contributed by atoms with Gasteiger partial charge in [0.05, 0.1) is 6.10 Å². The zero-order valence-corrected chi connectivity index (χ0v) is 11.3. The average Bonchev–Trinajstić information content (AvgIpc) is 2.41. The Morgan fingerprint density at radius 2 is 1.94 bits per heavy atom. The van der Waals surface area contributed by atoms with Crippen molar-refractivity contribution in [2.24, 2.45) is 11.8 Å². The molecule has 1 aliphatic rings. The normalized spacial score (nSPS) is 26.0. The zero-order chi connectivity index (χ0) is 13.1. The van der Waals surface area contributed by atoms with Crippen LogP contribution in [0.4, 0.5) is 4.39 Å². The lowest BCUT2D eigenvalue weighted by Gasteiger charge is -2.31. The molecule has 1 aliphatic carbocycles. The number of aryl methyl sites for hydroxylation is 1. The first kappa shape index (κ1) is 13.5. The maximum atomic E-state index is 13.5. The van der Waals surface area contributed by atoms with Crippen LogP contribution in [-0.2, 0) is 0 Å². The number of aliphatic hydroxyl groups is 1. The van der Waals surface area contributed by atoms with E-state index in [2.05, 4.69) is 6.92 Å². The highest BCUT2D eigenvalue weighted by Gasteiger charge is 2.26. The van der Waals surface area contributed by atoms with E-state index in [-0.39, 0.29) is 5.82 Å². The van der Waals surface area contributed by atoms with Gasteiger partial charge >= 0.3 is 0 Å². The molecule has 100 valence electrons. The smallest absolute Gasteiger partial charge is 0.126 e.